The van der Waals surface area contributed by atoms with Crippen molar-refractivity contribution in [2.24, 2.45) is 0 Å². The number of imidazole rings is 1. The lowest BCUT2D eigenvalue weighted by atomic mass is 9.95. The molecule has 1 aliphatic heterocycles. The number of alkyl halides is 2. The molecule has 1 atom stereocenters. The number of H-pyrrole nitrogens is 1. The first kappa shape index (κ1) is 27.5. The first-order valence-corrected chi connectivity index (χ1v) is 13.5. The lowest BCUT2D eigenvalue weighted by Crippen LogP contribution is -2.34. The monoisotopic (exact) mass is 593 g/mol. The van der Waals surface area contributed by atoms with Crippen LogP contribution in [0.3, 0.4) is 0 Å². The molecule has 1 amide bonds. The molecule has 0 saturated carbocycles. The van der Waals surface area contributed by atoms with Crippen LogP contribution in [-0.2, 0) is 4.79 Å². The second-order valence-electron chi connectivity index (χ2n) is 9.94. The van der Waals surface area contributed by atoms with Crippen LogP contribution in [0.2, 0.25) is 5.02 Å². The van der Waals surface area contributed by atoms with Crippen LogP contribution in [0, 0.1) is 11.0 Å². The number of rotatable bonds is 4. The minimum absolute atomic E-state index is 0.187. The lowest BCUT2D eigenvalue weighted by Gasteiger charge is -2.17. The highest BCUT2D eigenvalue weighted by Crippen LogP contribution is 2.34. The van der Waals surface area contributed by atoms with Crippen molar-refractivity contribution in [1.82, 2.24) is 25.0 Å². The number of halogens is 4. The third-order valence-electron chi connectivity index (χ3n) is 7.17. The van der Waals surface area contributed by atoms with E-state index < -0.39 is 23.9 Å². The van der Waals surface area contributed by atoms with E-state index in [1.165, 1.54) is 29.1 Å². The Morgan fingerprint density at radius 1 is 1.10 bits per heavy atom. The molecule has 2 bridgehead atoms. The van der Waals surface area contributed by atoms with Crippen molar-refractivity contribution in [2.75, 3.05) is 5.32 Å². The largest absolute Gasteiger partial charge is 0.618 e. The van der Waals surface area contributed by atoms with Crippen LogP contribution in [0.1, 0.15) is 55.2 Å². The van der Waals surface area contributed by atoms with E-state index in [0.717, 1.165) is 10.9 Å². The number of aromatic amines is 1. The topological polar surface area (TPSA) is 115 Å². The van der Waals surface area contributed by atoms with Gasteiger partial charge in [-0.3, -0.25) is 4.79 Å². The molecule has 1 unspecified atom stereocenters. The maximum atomic E-state index is 14.1. The van der Waals surface area contributed by atoms with Gasteiger partial charge in [0.05, 0.1) is 29.5 Å². The van der Waals surface area contributed by atoms with Crippen LogP contribution in [0.15, 0.2) is 67.1 Å². The third-order valence-corrected chi connectivity index (χ3v) is 7.41. The summed E-state index contributed by atoms with van der Waals surface area (Å²) in [7, 11) is 0. The number of hydrogen-bond acceptors (Lipinski definition) is 5. The van der Waals surface area contributed by atoms with E-state index in [4.69, 9.17) is 11.6 Å². The predicted molar refractivity (Wildman–Crippen MR) is 149 cm³/mol. The number of fused-ring (bicyclic) bond motifs is 4. The Morgan fingerprint density at radius 3 is 2.74 bits per heavy atom. The molecule has 2 aromatic carbocycles. The molecule has 0 radical (unpaired) electrons. The van der Waals surface area contributed by atoms with E-state index in [1.807, 2.05) is 0 Å². The highest BCUT2D eigenvalue weighted by Gasteiger charge is 2.27. The van der Waals surface area contributed by atoms with Gasteiger partial charge in [0.2, 0.25) is 11.6 Å². The summed E-state index contributed by atoms with van der Waals surface area (Å²) < 4.78 is 42.4. The van der Waals surface area contributed by atoms with E-state index >= 15 is 0 Å². The van der Waals surface area contributed by atoms with Gasteiger partial charge in [-0.15, -0.1) is 5.10 Å². The number of nitrogens with one attached hydrogen (secondary N) is 2. The van der Waals surface area contributed by atoms with E-state index in [1.54, 1.807) is 36.5 Å². The fourth-order valence-electron chi connectivity index (χ4n) is 5.13. The molecule has 2 N–H and O–H groups in total. The molecule has 0 aliphatic carbocycles. The molecule has 4 heterocycles. The molecule has 214 valence electrons. The van der Waals surface area contributed by atoms with Crippen LogP contribution >= 0.6 is 11.6 Å². The van der Waals surface area contributed by atoms with Crippen molar-refractivity contribution in [2.45, 2.75) is 38.0 Å². The number of carbonyl (C=O) groups excluding carboxylic acids is 1. The van der Waals surface area contributed by atoms with Crippen molar-refractivity contribution >= 4 is 23.2 Å². The van der Waals surface area contributed by atoms with Gasteiger partial charge in [-0.25, -0.2) is 22.8 Å². The minimum Gasteiger partial charge on any atom is -0.618 e. The summed E-state index contributed by atoms with van der Waals surface area (Å²) in [5, 5.41) is 24.1. The fourth-order valence-corrected chi connectivity index (χ4v) is 5.30. The summed E-state index contributed by atoms with van der Waals surface area (Å²) in [6, 6.07) is 12.3. The molecule has 42 heavy (non-hydrogen) atoms. The summed E-state index contributed by atoms with van der Waals surface area (Å²) in [6.07, 6.45) is 3.29. The smallest absolute Gasteiger partial charge is 0.283 e. The van der Waals surface area contributed by atoms with Crippen LogP contribution in [0.25, 0.3) is 28.1 Å². The number of benzene rings is 2. The van der Waals surface area contributed by atoms with Crippen LogP contribution in [-0.4, -0.2) is 30.9 Å². The maximum absolute atomic E-state index is 14.1. The molecule has 0 fully saturated rings. The molecule has 0 spiro atoms. The molecule has 5 aromatic rings. The summed E-state index contributed by atoms with van der Waals surface area (Å²) in [5.74, 6) is -0.580. The zero-order valence-corrected chi connectivity index (χ0v) is 22.7. The summed E-state index contributed by atoms with van der Waals surface area (Å²) in [5.41, 5.74) is 2.73. The second-order valence-corrected chi connectivity index (χ2v) is 10.4. The zero-order chi connectivity index (χ0) is 29.4. The number of anilines is 1. The van der Waals surface area contributed by atoms with Crippen molar-refractivity contribution in [3.8, 4) is 28.1 Å². The molecule has 0 saturated heterocycles. The number of nitrogens with zero attached hydrogens (tertiary/aromatic N) is 5. The Labute approximate surface area is 242 Å². The summed E-state index contributed by atoms with van der Waals surface area (Å²) in [6.45, 7) is 0. The van der Waals surface area contributed by atoms with Gasteiger partial charge in [0.25, 0.3) is 6.43 Å². The van der Waals surface area contributed by atoms with Gasteiger partial charge in [0.15, 0.2) is 6.20 Å². The van der Waals surface area contributed by atoms with E-state index in [9.17, 15) is 23.2 Å². The van der Waals surface area contributed by atoms with Crippen molar-refractivity contribution in [3.05, 3.63) is 100 Å². The van der Waals surface area contributed by atoms with E-state index in [0.29, 0.717) is 69.6 Å². The number of carbonyl (C=O) groups is 1. The molecular weight excluding hydrogens is 571 g/mol. The first-order chi connectivity index (χ1) is 20.3. The number of hydrogen-bond donors (Lipinski definition) is 2. The Hall–Kier alpha value is -4.71. The average Bonchev–Trinajstić information content (AvgIpc) is 3.65. The molecule has 3 aromatic heterocycles. The average molecular weight is 594 g/mol. The van der Waals surface area contributed by atoms with Crippen LogP contribution in [0.4, 0.5) is 18.9 Å². The Kier molecular flexibility index (Phi) is 7.38. The van der Waals surface area contributed by atoms with E-state index in [-0.39, 0.29) is 12.3 Å². The predicted octanol–water partition coefficient (Wildman–Crippen LogP) is 6.33. The molecule has 1 aliphatic rings. The highest BCUT2D eigenvalue weighted by atomic mass is 35.5. The standard InChI is InChI=1S/C29H23ClF3N7O2/c30-17-6-10-25(39-15-24(28(32)33)37-38-39)20(11-17)16-5-9-26(40(42)14-16)19-3-1-2-4-27(41)35-22-8-7-18(31)12-21(22)23-13-34-29(19)36-23/h5-15,19,28H,1-4H2,(H,34,36)(H,35,41). The summed E-state index contributed by atoms with van der Waals surface area (Å²) >= 11 is 6.26. The van der Waals surface area contributed by atoms with Gasteiger partial charge in [0, 0.05) is 34.2 Å². The molecule has 9 nitrogen and oxygen atoms in total. The Morgan fingerprint density at radius 2 is 1.95 bits per heavy atom. The highest BCUT2D eigenvalue weighted by molar-refractivity contribution is 6.31. The van der Waals surface area contributed by atoms with Crippen molar-refractivity contribution < 1.29 is 22.7 Å². The number of pyridine rings is 1. The van der Waals surface area contributed by atoms with Gasteiger partial charge in [-0.05, 0) is 55.3 Å². The van der Waals surface area contributed by atoms with E-state index in [2.05, 4.69) is 25.6 Å². The second kappa shape index (κ2) is 11.3. The van der Waals surface area contributed by atoms with Crippen LogP contribution < -0.4 is 10.0 Å². The van der Waals surface area contributed by atoms with Crippen molar-refractivity contribution in [3.63, 3.8) is 0 Å². The summed E-state index contributed by atoms with van der Waals surface area (Å²) in [4.78, 5) is 20.3. The third kappa shape index (κ3) is 5.45. The maximum Gasteiger partial charge on any atom is 0.283 e. The number of amides is 1. The van der Waals surface area contributed by atoms with Crippen molar-refractivity contribution in [1.29, 1.82) is 0 Å². The van der Waals surface area contributed by atoms with Gasteiger partial charge >= 0.3 is 0 Å². The van der Waals surface area contributed by atoms with Gasteiger partial charge < -0.3 is 15.5 Å². The molecule has 13 heteroatoms. The van der Waals surface area contributed by atoms with Gasteiger partial charge in [-0.2, -0.15) is 4.73 Å². The fraction of sp³-hybridized carbons (Fsp3) is 0.207. The Bertz CT molecular complexity index is 1790. The zero-order valence-electron chi connectivity index (χ0n) is 21.9. The minimum atomic E-state index is -2.78. The quantitative estimate of drug-likeness (QED) is 0.187. The molecule has 6 rings (SSSR count). The van der Waals surface area contributed by atoms with Gasteiger partial charge in [0.1, 0.15) is 23.3 Å². The number of aromatic nitrogens is 6. The molecular formula is C29H23ClF3N7O2. The Balaban J connectivity index is 1.39. The van der Waals surface area contributed by atoms with Crippen LogP contribution in [0.5, 0.6) is 0 Å². The van der Waals surface area contributed by atoms with Gasteiger partial charge in [-0.1, -0.05) is 23.2 Å². The normalized spacial score (nSPS) is 15.5. The SMILES string of the molecule is O=C1CCCCC(c2ccc(-c3cc(Cl)ccc3-n3cc(C(F)F)nn3)c[n+]2[O-])c2ncc([nH]2)-c2cc(F)ccc2N1. The first-order valence-electron chi connectivity index (χ1n) is 13.2. The lowest BCUT2D eigenvalue weighted by molar-refractivity contribution is -0.614.